The predicted octanol–water partition coefficient (Wildman–Crippen LogP) is 2.56. The quantitative estimate of drug-likeness (QED) is 0.854. The third kappa shape index (κ3) is 2.73. The Hall–Kier alpha value is -1.75. The first-order valence-electron chi connectivity index (χ1n) is 4.76. The van der Waals surface area contributed by atoms with E-state index in [0.29, 0.717) is 6.20 Å². The molecule has 0 fully saturated rings. The normalized spacial score (nSPS) is 11.7. The Kier molecular flexibility index (Phi) is 4.19. The highest BCUT2D eigenvalue weighted by molar-refractivity contribution is 5.40. The van der Waals surface area contributed by atoms with Crippen molar-refractivity contribution in [3.8, 4) is 6.07 Å². The summed E-state index contributed by atoms with van der Waals surface area (Å²) < 4.78 is 63.5. The molecule has 1 aromatic heterocycles. The summed E-state index contributed by atoms with van der Waals surface area (Å²) in [6.45, 7) is -0.420. The van der Waals surface area contributed by atoms with E-state index in [1.165, 1.54) is 6.07 Å². The Bertz CT molecular complexity index is 476. The highest BCUT2D eigenvalue weighted by Crippen LogP contribution is 2.37. The molecule has 0 unspecified atom stereocenters. The minimum absolute atomic E-state index is 0.330. The van der Waals surface area contributed by atoms with Gasteiger partial charge in [-0.15, -0.1) is 0 Å². The zero-order valence-corrected chi connectivity index (χ0v) is 8.93. The maximum absolute atomic E-state index is 12.8. The number of rotatable bonds is 3. The number of nitrogens with zero attached hydrogens (tertiary/aromatic N) is 2. The van der Waals surface area contributed by atoms with Crippen LogP contribution in [0.15, 0.2) is 6.20 Å². The monoisotopic (exact) mass is 265 g/mol. The van der Waals surface area contributed by atoms with Crippen LogP contribution in [-0.2, 0) is 19.1 Å². The molecule has 0 atom stereocenters. The molecule has 0 saturated carbocycles. The molecule has 8 heteroatoms. The molecule has 1 rings (SSSR count). The van der Waals surface area contributed by atoms with Gasteiger partial charge in [0.05, 0.1) is 23.7 Å². The average Bonchev–Trinajstić information content (AvgIpc) is 2.26. The van der Waals surface area contributed by atoms with Crippen molar-refractivity contribution in [1.82, 2.24) is 4.98 Å². The lowest BCUT2D eigenvalue weighted by molar-refractivity contribution is -0.138. The SMILES string of the molecule is N#CCc1c(C(F)(F)F)cnc(CN)c1C(F)F. The van der Waals surface area contributed by atoms with Gasteiger partial charge in [0, 0.05) is 18.3 Å². The van der Waals surface area contributed by atoms with Crippen molar-refractivity contribution in [1.29, 1.82) is 5.26 Å². The van der Waals surface area contributed by atoms with E-state index in [-0.39, 0.29) is 5.69 Å². The second-order valence-electron chi connectivity index (χ2n) is 3.35. The number of hydrogen-bond donors (Lipinski definition) is 1. The van der Waals surface area contributed by atoms with Crippen LogP contribution in [0.3, 0.4) is 0 Å². The van der Waals surface area contributed by atoms with Crippen LogP contribution in [0.1, 0.15) is 28.8 Å². The van der Waals surface area contributed by atoms with Crippen LogP contribution in [0.2, 0.25) is 0 Å². The number of nitriles is 1. The van der Waals surface area contributed by atoms with Crippen LogP contribution in [0.25, 0.3) is 0 Å². The van der Waals surface area contributed by atoms with E-state index in [1.807, 2.05) is 0 Å². The number of alkyl halides is 5. The smallest absolute Gasteiger partial charge is 0.325 e. The maximum atomic E-state index is 12.8. The van der Waals surface area contributed by atoms with Gasteiger partial charge in [0.25, 0.3) is 6.43 Å². The molecule has 3 nitrogen and oxygen atoms in total. The fraction of sp³-hybridized carbons (Fsp3) is 0.400. The summed E-state index contributed by atoms with van der Waals surface area (Å²) in [7, 11) is 0. The number of halogens is 5. The first-order valence-corrected chi connectivity index (χ1v) is 4.76. The summed E-state index contributed by atoms with van der Waals surface area (Å²) in [5, 5.41) is 8.47. The van der Waals surface area contributed by atoms with E-state index in [0.717, 1.165) is 0 Å². The molecule has 0 aliphatic rings. The van der Waals surface area contributed by atoms with E-state index >= 15 is 0 Å². The van der Waals surface area contributed by atoms with Gasteiger partial charge in [-0.1, -0.05) is 0 Å². The third-order valence-corrected chi connectivity index (χ3v) is 2.28. The van der Waals surface area contributed by atoms with Crippen LogP contribution in [0, 0.1) is 11.3 Å². The fourth-order valence-electron chi connectivity index (χ4n) is 1.54. The van der Waals surface area contributed by atoms with Gasteiger partial charge in [0.2, 0.25) is 0 Å². The molecule has 0 aromatic carbocycles. The number of pyridine rings is 1. The van der Waals surface area contributed by atoms with Crippen LogP contribution in [-0.4, -0.2) is 4.98 Å². The van der Waals surface area contributed by atoms with Crippen molar-refractivity contribution in [2.24, 2.45) is 5.73 Å². The van der Waals surface area contributed by atoms with Crippen LogP contribution < -0.4 is 5.73 Å². The molecule has 0 saturated heterocycles. The van der Waals surface area contributed by atoms with Crippen molar-refractivity contribution < 1.29 is 22.0 Å². The zero-order valence-electron chi connectivity index (χ0n) is 8.93. The summed E-state index contributed by atoms with van der Waals surface area (Å²) >= 11 is 0. The van der Waals surface area contributed by atoms with Gasteiger partial charge >= 0.3 is 6.18 Å². The molecule has 0 amide bonds. The molecule has 0 bridgehead atoms. The minimum atomic E-state index is -4.84. The van der Waals surface area contributed by atoms with E-state index < -0.39 is 42.3 Å². The second kappa shape index (κ2) is 5.27. The number of hydrogen-bond acceptors (Lipinski definition) is 3. The second-order valence-corrected chi connectivity index (χ2v) is 3.35. The summed E-state index contributed by atoms with van der Waals surface area (Å²) in [5.41, 5.74) is 1.85. The highest BCUT2D eigenvalue weighted by Gasteiger charge is 2.36. The molecule has 0 spiro atoms. The van der Waals surface area contributed by atoms with Gasteiger partial charge in [-0.25, -0.2) is 8.78 Å². The topological polar surface area (TPSA) is 62.7 Å². The molecule has 18 heavy (non-hydrogen) atoms. The van der Waals surface area contributed by atoms with Crippen molar-refractivity contribution >= 4 is 0 Å². The molecule has 0 radical (unpaired) electrons. The molecule has 1 aromatic rings. The van der Waals surface area contributed by atoms with Gasteiger partial charge < -0.3 is 5.73 Å². The first-order chi connectivity index (χ1) is 8.32. The molecule has 2 N–H and O–H groups in total. The fourth-order valence-corrected chi connectivity index (χ4v) is 1.54. The summed E-state index contributed by atoms with van der Waals surface area (Å²) in [6, 6.07) is 1.44. The number of nitrogens with two attached hydrogens (primary N) is 1. The Labute approximate surface area is 99.0 Å². The molecule has 0 aliphatic carbocycles. The van der Waals surface area contributed by atoms with Crippen LogP contribution in [0.5, 0.6) is 0 Å². The van der Waals surface area contributed by atoms with Gasteiger partial charge in [-0.05, 0) is 5.56 Å². The standard InChI is InChI=1S/C10H8F5N3/c11-9(12)8-5(1-2-16)6(10(13,14)15)4-18-7(8)3-17/h4,9H,1,3,17H2. The van der Waals surface area contributed by atoms with Crippen LogP contribution >= 0.6 is 0 Å². The van der Waals surface area contributed by atoms with Gasteiger partial charge in [-0.2, -0.15) is 18.4 Å². The lowest BCUT2D eigenvalue weighted by Gasteiger charge is -2.16. The summed E-state index contributed by atoms with van der Waals surface area (Å²) in [6.07, 6.45) is -8.34. The molecule has 0 aliphatic heterocycles. The largest absolute Gasteiger partial charge is 0.418 e. The summed E-state index contributed by atoms with van der Waals surface area (Å²) in [4.78, 5) is 3.29. The highest BCUT2D eigenvalue weighted by atomic mass is 19.4. The lowest BCUT2D eigenvalue weighted by Crippen LogP contribution is -2.16. The Morgan fingerprint density at radius 1 is 1.39 bits per heavy atom. The minimum Gasteiger partial charge on any atom is -0.325 e. The van der Waals surface area contributed by atoms with Gasteiger partial charge in [0.15, 0.2) is 0 Å². The molecular weight excluding hydrogens is 257 g/mol. The first kappa shape index (κ1) is 14.3. The molecule has 1 heterocycles. The van der Waals surface area contributed by atoms with E-state index in [9.17, 15) is 22.0 Å². The number of aromatic nitrogens is 1. The molecule has 98 valence electrons. The van der Waals surface area contributed by atoms with E-state index in [2.05, 4.69) is 4.98 Å². The van der Waals surface area contributed by atoms with E-state index in [4.69, 9.17) is 11.0 Å². The Morgan fingerprint density at radius 3 is 2.39 bits per heavy atom. The van der Waals surface area contributed by atoms with Crippen molar-refractivity contribution in [2.75, 3.05) is 0 Å². The Morgan fingerprint density at radius 2 is 2.00 bits per heavy atom. The van der Waals surface area contributed by atoms with E-state index in [1.54, 1.807) is 0 Å². The predicted molar refractivity (Wildman–Crippen MR) is 51.4 cm³/mol. The van der Waals surface area contributed by atoms with Crippen molar-refractivity contribution in [3.63, 3.8) is 0 Å². The average molecular weight is 265 g/mol. The summed E-state index contributed by atoms with van der Waals surface area (Å²) in [5.74, 6) is 0. The van der Waals surface area contributed by atoms with Crippen molar-refractivity contribution in [3.05, 3.63) is 28.6 Å². The lowest BCUT2D eigenvalue weighted by atomic mass is 9.98. The zero-order chi connectivity index (χ0) is 13.9. The molecular formula is C10H8F5N3. The van der Waals surface area contributed by atoms with Gasteiger partial charge in [0.1, 0.15) is 0 Å². The van der Waals surface area contributed by atoms with Crippen molar-refractivity contribution in [2.45, 2.75) is 25.6 Å². The van der Waals surface area contributed by atoms with Gasteiger partial charge in [-0.3, -0.25) is 4.98 Å². The third-order valence-electron chi connectivity index (χ3n) is 2.28. The van der Waals surface area contributed by atoms with Crippen LogP contribution in [0.4, 0.5) is 22.0 Å². The Balaban J connectivity index is 3.58. The maximum Gasteiger partial charge on any atom is 0.418 e.